The fourth-order valence-electron chi connectivity index (χ4n) is 3.02. The van der Waals surface area contributed by atoms with Crippen molar-refractivity contribution in [3.05, 3.63) is 35.6 Å². The summed E-state index contributed by atoms with van der Waals surface area (Å²) in [6.45, 7) is 1.44. The number of nitrogens with one attached hydrogen (secondary N) is 1. The number of halogens is 4. The van der Waals surface area contributed by atoms with Crippen LogP contribution in [-0.4, -0.2) is 54.4 Å². The third-order valence-corrected chi connectivity index (χ3v) is 4.20. The first-order chi connectivity index (χ1) is 11.3. The quantitative estimate of drug-likeness (QED) is 0.801. The Morgan fingerprint density at radius 2 is 1.96 bits per heavy atom. The van der Waals surface area contributed by atoms with E-state index in [0.717, 1.165) is 0 Å². The summed E-state index contributed by atoms with van der Waals surface area (Å²) in [5, 5.41) is 11.0. The molecule has 4 nitrogen and oxygen atoms in total. The topological polar surface area (TPSA) is 52.6 Å². The molecule has 1 fully saturated rings. The monoisotopic (exact) mass is 348 g/mol. The minimum Gasteiger partial charge on any atom is -0.396 e. The van der Waals surface area contributed by atoms with Crippen LogP contribution in [0.25, 0.3) is 0 Å². The second kappa shape index (κ2) is 7.94. The molecule has 1 aromatic carbocycles. The molecule has 0 saturated carbocycles. The molecule has 2 rings (SSSR count). The molecule has 0 aromatic heterocycles. The van der Waals surface area contributed by atoms with Gasteiger partial charge in [-0.15, -0.1) is 0 Å². The lowest BCUT2D eigenvalue weighted by Crippen LogP contribution is -2.54. The minimum absolute atomic E-state index is 0.00251. The van der Waals surface area contributed by atoms with E-state index in [9.17, 15) is 22.4 Å². The maximum atomic E-state index is 13.1. The summed E-state index contributed by atoms with van der Waals surface area (Å²) in [6, 6.07) is 4.87. The molecule has 2 N–H and O–H groups in total. The van der Waals surface area contributed by atoms with Crippen LogP contribution in [0.5, 0.6) is 0 Å². The van der Waals surface area contributed by atoms with Crippen LogP contribution in [-0.2, 0) is 4.79 Å². The first-order valence-corrected chi connectivity index (χ1v) is 7.77. The van der Waals surface area contributed by atoms with E-state index in [1.165, 1.54) is 24.3 Å². The van der Waals surface area contributed by atoms with Crippen molar-refractivity contribution >= 4 is 5.91 Å². The van der Waals surface area contributed by atoms with Crippen molar-refractivity contribution in [2.75, 3.05) is 26.2 Å². The van der Waals surface area contributed by atoms with E-state index in [-0.39, 0.29) is 19.1 Å². The van der Waals surface area contributed by atoms with Gasteiger partial charge in [0, 0.05) is 31.7 Å². The van der Waals surface area contributed by atoms with Gasteiger partial charge in [0.2, 0.25) is 0 Å². The zero-order valence-corrected chi connectivity index (χ0v) is 13.0. The van der Waals surface area contributed by atoms with E-state index in [0.29, 0.717) is 31.5 Å². The molecule has 1 amide bonds. The van der Waals surface area contributed by atoms with Gasteiger partial charge in [0.15, 0.2) is 0 Å². The first-order valence-electron chi connectivity index (χ1n) is 7.77. The number of carbonyl (C=O) groups is 1. The molecule has 134 valence electrons. The molecule has 0 aliphatic carbocycles. The van der Waals surface area contributed by atoms with Crippen molar-refractivity contribution in [2.24, 2.45) is 0 Å². The Labute approximate surface area is 137 Å². The van der Waals surface area contributed by atoms with Crippen LogP contribution in [0.15, 0.2) is 24.3 Å². The van der Waals surface area contributed by atoms with E-state index in [2.05, 4.69) is 5.32 Å². The van der Waals surface area contributed by atoms with Gasteiger partial charge in [0.25, 0.3) is 0 Å². The Morgan fingerprint density at radius 1 is 1.29 bits per heavy atom. The van der Waals surface area contributed by atoms with Gasteiger partial charge in [0.1, 0.15) is 5.82 Å². The predicted molar refractivity (Wildman–Crippen MR) is 79.9 cm³/mol. The summed E-state index contributed by atoms with van der Waals surface area (Å²) in [7, 11) is 0. The van der Waals surface area contributed by atoms with E-state index < -0.39 is 23.9 Å². The number of rotatable bonds is 5. The van der Waals surface area contributed by atoms with Crippen LogP contribution >= 0.6 is 0 Å². The van der Waals surface area contributed by atoms with Crippen molar-refractivity contribution in [1.82, 2.24) is 10.2 Å². The number of hydrogen-bond donors (Lipinski definition) is 2. The van der Waals surface area contributed by atoms with Gasteiger partial charge in [-0.3, -0.25) is 4.79 Å². The van der Waals surface area contributed by atoms with Crippen LogP contribution in [0.4, 0.5) is 17.6 Å². The van der Waals surface area contributed by atoms with Gasteiger partial charge >= 0.3 is 12.1 Å². The summed E-state index contributed by atoms with van der Waals surface area (Å²) < 4.78 is 50.8. The molecule has 0 bridgehead atoms. The van der Waals surface area contributed by atoms with Crippen molar-refractivity contribution < 1.29 is 27.5 Å². The smallest absolute Gasteiger partial charge is 0.396 e. The van der Waals surface area contributed by atoms with E-state index >= 15 is 0 Å². The highest BCUT2D eigenvalue weighted by molar-refractivity contribution is 5.82. The van der Waals surface area contributed by atoms with Gasteiger partial charge in [0.05, 0.1) is 0 Å². The van der Waals surface area contributed by atoms with Crippen LogP contribution in [0.2, 0.25) is 0 Å². The van der Waals surface area contributed by atoms with Crippen molar-refractivity contribution in [1.29, 1.82) is 0 Å². The minimum atomic E-state index is -4.94. The fraction of sp³-hybridized carbons (Fsp3) is 0.562. The third-order valence-electron chi connectivity index (χ3n) is 4.20. The summed E-state index contributed by atoms with van der Waals surface area (Å²) >= 11 is 0. The second-order valence-electron chi connectivity index (χ2n) is 5.90. The van der Waals surface area contributed by atoms with Crippen molar-refractivity contribution in [3.63, 3.8) is 0 Å². The molecule has 1 heterocycles. The Morgan fingerprint density at radius 3 is 2.54 bits per heavy atom. The molecule has 0 spiro atoms. The molecule has 1 saturated heterocycles. The number of benzene rings is 1. The lowest BCUT2D eigenvalue weighted by Gasteiger charge is -2.39. The van der Waals surface area contributed by atoms with Gasteiger partial charge < -0.3 is 15.3 Å². The molecule has 2 atom stereocenters. The van der Waals surface area contributed by atoms with Gasteiger partial charge in [-0.2, -0.15) is 13.2 Å². The molecule has 1 aliphatic rings. The number of aliphatic hydroxyl groups excluding tert-OH is 1. The summed E-state index contributed by atoms with van der Waals surface area (Å²) in [4.78, 5) is 13.2. The van der Waals surface area contributed by atoms with Crippen LogP contribution < -0.4 is 5.32 Å². The number of aliphatic hydroxyl groups is 1. The lowest BCUT2D eigenvalue weighted by atomic mass is 9.85. The molecule has 24 heavy (non-hydrogen) atoms. The van der Waals surface area contributed by atoms with Gasteiger partial charge in [-0.25, -0.2) is 4.39 Å². The number of hydrogen-bond acceptors (Lipinski definition) is 3. The van der Waals surface area contributed by atoms with Gasteiger partial charge in [-0.05, 0) is 37.1 Å². The fourth-order valence-corrected chi connectivity index (χ4v) is 3.02. The molecular formula is C16H20F4N2O2. The molecule has 8 heteroatoms. The maximum Gasteiger partial charge on any atom is 0.471 e. The van der Waals surface area contributed by atoms with Crippen LogP contribution in [0, 0.1) is 5.82 Å². The van der Waals surface area contributed by atoms with Crippen molar-refractivity contribution in [3.8, 4) is 0 Å². The lowest BCUT2D eigenvalue weighted by molar-refractivity contribution is -0.174. The molecule has 0 radical (unpaired) electrons. The van der Waals surface area contributed by atoms with Crippen LogP contribution in [0.1, 0.15) is 24.3 Å². The predicted octanol–water partition coefficient (Wildman–Crippen LogP) is 2.04. The number of nitrogens with zero attached hydrogens (tertiary/aromatic N) is 1. The number of alkyl halides is 3. The number of likely N-dealkylation sites (tertiary alicyclic amines) is 1. The Balaban J connectivity index is 2.14. The van der Waals surface area contributed by atoms with Gasteiger partial charge in [-0.1, -0.05) is 12.1 Å². The highest BCUT2D eigenvalue weighted by Gasteiger charge is 2.42. The number of piperidine rings is 1. The summed E-state index contributed by atoms with van der Waals surface area (Å²) in [6.07, 6.45) is -3.89. The highest BCUT2D eigenvalue weighted by Crippen LogP contribution is 2.29. The molecule has 1 aromatic rings. The van der Waals surface area contributed by atoms with Crippen LogP contribution in [0.3, 0.4) is 0 Å². The summed E-state index contributed by atoms with van der Waals surface area (Å²) in [5.74, 6) is -2.71. The maximum absolute atomic E-state index is 13.1. The number of amides is 1. The van der Waals surface area contributed by atoms with E-state index in [4.69, 9.17) is 5.11 Å². The largest absolute Gasteiger partial charge is 0.471 e. The summed E-state index contributed by atoms with van der Waals surface area (Å²) in [5.41, 5.74) is 0.700. The zero-order chi connectivity index (χ0) is 17.7. The standard InChI is InChI=1S/C16H20F4N2O2/c17-12-4-2-11(3-5-12)13-6-8-22(7-1-9-23)10-14(13)21-15(24)16(18,19)20/h2-5,13-14,23H,1,6-10H2,(H,21,24). The van der Waals surface area contributed by atoms with E-state index in [1.54, 1.807) is 0 Å². The van der Waals surface area contributed by atoms with Crippen molar-refractivity contribution in [2.45, 2.75) is 31.0 Å². The SMILES string of the molecule is O=C(NC1CN(CCCO)CCC1c1ccc(F)cc1)C(F)(F)F. The Bertz CT molecular complexity index is 548. The zero-order valence-electron chi connectivity index (χ0n) is 13.0. The van der Waals surface area contributed by atoms with E-state index in [1.807, 2.05) is 4.90 Å². The first kappa shape index (κ1) is 18.7. The second-order valence-corrected chi connectivity index (χ2v) is 5.90. The third kappa shape index (κ3) is 4.91. The number of carbonyl (C=O) groups excluding carboxylic acids is 1. The normalized spacial score (nSPS) is 22.4. The average Bonchev–Trinajstić information content (AvgIpc) is 2.53. The molecule has 2 unspecified atom stereocenters. The Hall–Kier alpha value is -1.67. The average molecular weight is 348 g/mol. The highest BCUT2D eigenvalue weighted by atomic mass is 19.4. The molecular weight excluding hydrogens is 328 g/mol. The Kier molecular flexibility index (Phi) is 6.17. The molecule has 1 aliphatic heterocycles.